The number of furan rings is 1. The summed E-state index contributed by atoms with van der Waals surface area (Å²) in [6.45, 7) is 3.09. The first-order valence-electron chi connectivity index (χ1n) is 6.69. The number of hydrogen-bond donors (Lipinski definition) is 1. The lowest BCUT2D eigenvalue weighted by atomic mass is 9.99. The molecule has 0 spiro atoms. The molecule has 0 fully saturated rings. The molecule has 0 aliphatic rings. The molecule has 0 saturated carbocycles. The second-order valence-electron chi connectivity index (χ2n) is 4.61. The van der Waals surface area contributed by atoms with E-state index in [4.69, 9.17) is 9.15 Å². The molecular weight excluding hydrogens is 238 g/mol. The average Bonchev–Trinajstić information content (AvgIpc) is 2.92. The molecule has 1 atom stereocenters. The van der Waals surface area contributed by atoms with Crippen LogP contribution in [0.15, 0.2) is 47.3 Å². The third-order valence-corrected chi connectivity index (χ3v) is 3.21. The summed E-state index contributed by atoms with van der Waals surface area (Å²) in [5.41, 5.74) is 2.46. The molecule has 3 heteroatoms. The molecule has 102 valence electrons. The summed E-state index contributed by atoms with van der Waals surface area (Å²) in [4.78, 5) is 0. The van der Waals surface area contributed by atoms with E-state index in [1.165, 1.54) is 11.1 Å². The van der Waals surface area contributed by atoms with Crippen molar-refractivity contribution in [1.82, 2.24) is 5.32 Å². The van der Waals surface area contributed by atoms with E-state index in [1.54, 1.807) is 13.4 Å². The van der Waals surface area contributed by atoms with Gasteiger partial charge in [0.1, 0.15) is 5.75 Å². The summed E-state index contributed by atoms with van der Waals surface area (Å²) >= 11 is 0. The van der Waals surface area contributed by atoms with Gasteiger partial charge in [-0.25, -0.2) is 0 Å². The van der Waals surface area contributed by atoms with Crippen LogP contribution in [0.1, 0.15) is 18.1 Å². The van der Waals surface area contributed by atoms with Gasteiger partial charge in [0.05, 0.1) is 19.6 Å². The Morgan fingerprint density at radius 1 is 1.21 bits per heavy atom. The van der Waals surface area contributed by atoms with E-state index < -0.39 is 0 Å². The van der Waals surface area contributed by atoms with Gasteiger partial charge < -0.3 is 14.5 Å². The van der Waals surface area contributed by atoms with Crippen LogP contribution in [0, 0.1) is 0 Å². The topological polar surface area (TPSA) is 34.4 Å². The molecule has 0 bridgehead atoms. The zero-order chi connectivity index (χ0) is 13.5. The molecule has 2 rings (SSSR count). The van der Waals surface area contributed by atoms with Crippen LogP contribution in [0.3, 0.4) is 0 Å². The Morgan fingerprint density at radius 3 is 2.74 bits per heavy atom. The fourth-order valence-electron chi connectivity index (χ4n) is 2.34. The van der Waals surface area contributed by atoms with Gasteiger partial charge in [0.15, 0.2) is 0 Å². The molecule has 0 aliphatic heterocycles. The Balaban J connectivity index is 2.07. The largest absolute Gasteiger partial charge is 0.496 e. The molecule has 3 nitrogen and oxygen atoms in total. The molecule has 0 saturated heterocycles. The van der Waals surface area contributed by atoms with Gasteiger partial charge >= 0.3 is 0 Å². The minimum Gasteiger partial charge on any atom is -0.496 e. The molecular formula is C16H21NO2. The van der Waals surface area contributed by atoms with Crippen LogP contribution in [-0.4, -0.2) is 19.7 Å². The average molecular weight is 259 g/mol. The normalized spacial score (nSPS) is 12.3. The first kappa shape index (κ1) is 13.7. The highest BCUT2D eigenvalue weighted by molar-refractivity contribution is 5.34. The Bertz CT molecular complexity index is 479. The first-order valence-corrected chi connectivity index (χ1v) is 6.69. The van der Waals surface area contributed by atoms with Crippen molar-refractivity contribution >= 4 is 0 Å². The smallest absolute Gasteiger partial charge is 0.122 e. The van der Waals surface area contributed by atoms with Gasteiger partial charge in [-0.15, -0.1) is 0 Å². The van der Waals surface area contributed by atoms with E-state index in [0.29, 0.717) is 6.04 Å². The molecule has 19 heavy (non-hydrogen) atoms. The van der Waals surface area contributed by atoms with Gasteiger partial charge in [0.25, 0.3) is 0 Å². The van der Waals surface area contributed by atoms with E-state index >= 15 is 0 Å². The molecule has 0 radical (unpaired) electrons. The van der Waals surface area contributed by atoms with Crippen molar-refractivity contribution in [3.63, 3.8) is 0 Å². The van der Waals surface area contributed by atoms with Gasteiger partial charge in [-0.3, -0.25) is 0 Å². The van der Waals surface area contributed by atoms with Gasteiger partial charge in [-0.1, -0.05) is 25.1 Å². The molecule has 0 amide bonds. The third kappa shape index (κ3) is 3.86. The van der Waals surface area contributed by atoms with Crippen molar-refractivity contribution in [2.45, 2.75) is 25.8 Å². The van der Waals surface area contributed by atoms with Crippen LogP contribution in [0.5, 0.6) is 5.75 Å². The lowest BCUT2D eigenvalue weighted by molar-refractivity contribution is 0.404. The van der Waals surface area contributed by atoms with Crippen LogP contribution < -0.4 is 10.1 Å². The van der Waals surface area contributed by atoms with Crippen molar-refractivity contribution in [3.8, 4) is 5.75 Å². The Kier molecular flexibility index (Phi) is 5.04. The first-order chi connectivity index (χ1) is 9.33. The van der Waals surface area contributed by atoms with Crippen molar-refractivity contribution in [3.05, 3.63) is 54.0 Å². The second kappa shape index (κ2) is 7.00. The molecule has 1 aromatic carbocycles. The summed E-state index contributed by atoms with van der Waals surface area (Å²) in [5.74, 6) is 0.956. The number of benzene rings is 1. The highest BCUT2D eigenvalue weighted by Gasteiger charge is 2.12. The van der Waals surface area contributed by atoms with Crippen molar-refractivity contribution < 1.29 is 9.15 Å². The number of para-hydroxylation sites is 1. The fraction of sp³-hybridized carbons (Fsp3) is 0.375. The number of nitrogens with one attached hydrogen (secondary N) is 1. The van der Waals surface area contributed by atoms with Gasteiger partial charge in [0, 0.05) is 6.04 Å². The summed E-state index contributed by atoms with van der Waals surface area (Å²) < 4.78 is 10.5. The standard InChI is InChI=1S/C16H21NO2/c1-3-17-15(10-13-8-9-19-12-13)11-14-6-4-5-7-16(14)18-2/h4-9,12,15,17H,3,10-11H2,1-2H3. The van der Waals surface area contributed by atoms with Crippen molar-refractivity contribution in [2.24, 2.45) is 0 Å². The molecule has 1 heterocycles. The molecule has 1 unspecified atom stereocenters. The lowest BCUT2D eigenvalue weighted by Gasteiger charge is -2.18. The Morgan fingerprint density at radius 2 is 2.05 bits per heavy atom. The second-order valence-corrected chi connectivity index (χ2v) is 4.61. The van der Waals surface area contributed by atoms with E-state index in [2.05, 4.69) is 24.4 Å². The monoisotopic (exact) mass is 259 g/mol. The highest BCUT2D eigenvalue weighted by atomic mass is 16.5. The Labute approximate surface area is 114 Å². The zero-order valence-corrected chi connectivity index (χ0v) is 11.6. The van der Waals surface area contributed by atoms with Crippen LogP contribution in [-0.2, 0) is 12.8 Å². The highest BCUT2D eigenvalue weighted by Crippen LogP contribution is 2.20. The predicted molar refractivity (Wildman–Crippen MR) is 76.6 cm³/mol. The minimum absolute atomic E-state index is 0.388. The Hall–Kier alpha value is -1.74. The fourth-order valence-corrected chi connectivity index (χ4v) is 2.34. The van der Waals surface area contributed by atoms with Gasteiger partial charge in [-0.2, -0.15) is 0 Å². The maximum atomic E-state index is 5.41. The minimum atomic E-state index is 0.388. The molecule has 2 aromatic rings. The number of ether oxygens (including phenoxy) is 1. The zero-order valence-electron chi connectivity index (χ0n) is 11.6. The van der Waals surface area contributed by atoms with Gasteiger partial charge in [-0.05, 0) is 42.6 Å². The van der Waals surface area contributed by atoms with Crippen molar-refractivity contribution in [1.29, 1.82) is 0 Å². The maximum absolute atomic E-state index is 5.41. The van der Waals surface area contributed by atoms with E-state index in [1.807, 2.05) is 24.5 Å². The van der Waals surface area contributed by atoms with E-state index in [-0.39, 0.29) is 0 Å². The summed E-state index contributed by atoms with van der Waals surface area (Å²) in [7, 11) is 1.72. The van der Waals surface area contributed by atoms with Crippen LogP contribution in [0.4, 0.5) is 0 Å². The molecule has 0 aliphatic carbocycles. The summed E-state index contributed by atoms with van der Waals surface area (Å²) in [6, 6.07) is 10.6. The summed E-state index contributed by atoms with van der Waals surface area (Å²) in [6.07, 6.45) is 5.44. The third-order valence-electron chi connectivity index (χ3n) is 3.21. The number of rotatable bonds is 7. The molecule has 1 aromatic heterocycles. The van der Waals surface area contributed by atoms with E-state index in [9.17, 15) is 0 Å². The van der Waals surface area contributed by atoms with Crippen LogP contribution in [0.25, 0.3) is 0 Å². The number of hydrogen-bond acceptors (Lipinski definition) is 3. The number of methoxy groups -OCH3 is 1. The summed E-state index contributed by atoms with van der Waals surface area (Å²) in [5, 5.41) is 3.52. The van der Waals surface area contributed by atoms with E-state index in [0.717, 1.165) is 25.1 Å². The molecule has 1 N–H and O–H groups in total. The van der Waals surface area contributed by atoms with Gasteiger partial charge in [0.2, 0.25) is 0 Å². The quantitative estimate of drug-likeness (QED) is 0.830. The predicted octanol–water partition coefficient (Wildman–Crippen LogP) is 3.05. The maximum Gasteiger partial charge on any atom is 0.122 e. The van der Waals surface area contributed by atoms with Crippen LogP contribution in [0.2, 0.25) is 0 Å². The number of likely N-dealkylation sites (N-methyl/N-ethyl adjacent to an activating group) is 1. The SMILES string of the molecule is CCNC(Cc1ccoc1)Cc1ccccc1OC. The van der Waals surface area contributed by atoms with Crippen molar-refractivity contribution in [2.75, 3.05) is 13.7 Å². The lowest BCUT2D eigenvalue weighted by Crippen LogP contribution is -2.33. The van der Waals surface area contributed by atoms with Crippen LogP contribution >= 0.6 is 0 Å².